The number of hydrogen-bond donors (Lipinski definition) is 3. The maximum Gasteiger partial charge on any atom is 0.329 e. The molecule has 1 aromatic heterocycles. The summed E-state index contributed by atoms with van der Waals surface area (Å²) in [5, 5.41) is 13.8. The summed E-state index contributed by atoms with van der Waals surface area (Å²) in [4.78, 5) is 12.5. The fourth-order valence-corrected chi connectivity index (χ4v) is 4.90. The number of amides is 2. The molecular weight excluding hydrogens is 360 g/mol. The molecule has 2 aliphatic carbocycles. The highest BCUT2D eigenvalue weighted by Gasteiger charge is 2.26. The van der Waals surface area contributed by atoms with Gasteiger partial charge in [0, 0.05) is 23.2 Å². The minimum absolute atomic E-state index is 0.242. The molecule has 144 valence electrons. The van der Waals surface area contributed by atoms with Crippen LogP contribution >= 0.6 is 11.9 Å². The Morgan fingerprint density at radius 1 is 1.11 bits per heavy atom. The molecule has 0 saturated heterocycles. The number of nitrogens with one attached hydrogen (secondary N) is 2. The molecule has 1 aromatic carbocycles. The summed E-state index contributed by atoms with van der Waals surface area (Å²) < 4.78 is 8.46. The second-order valence-electron chi connectivity index (χ2n) is 7.99. The number of benzene rings is 1. The largest absolute Gasteiger partial charge is 0.453 e. The number of anilines is 1. The Kier molecular flexibility index (Phi) is 4.72. The Balaban J connectivity index is 1.47. The smallest absolute Gasteiger partial charge is 0.329 e. The highest BCUT2D eigenvalue weighted by Crippen LogP contribution is 2.38. The van der Waals surface area contributed by atoms with E-state index < -0.39 is 5.60 Å². The van der Waals surface area contributed by atoms with Crippen LogP contribution in [-0.2, 0) is 31.3 Å². The quantitative estimate of drug-likeness (QED) is 0.670. The van der Waals surface area contributed by atoms with Crippen LogP contribution < -0.4 is 10.0 Å². The van der Waals surface area contributed by atoms with Crippen molar-refractivity contribution < 1.29 is 14.3 Å². The standard InChI is InChI=1S/C21H26N2O3S/c1-12-17(21(2,3)25)11-18(26-12)27-23-20(24)22-19-15-8-4-6-13(15)10-14-7-5-9-16(14)19/h10-11,25H,4-9H2,1-3H3,(H2,22,23,24). The molecule has 0 aliphatic heterocycles. The lowest BCUT2D eigenvalue weighted by Gasteiger charge is -2.16. The summed E-state index contributed by atoms with van der Waals surface area (Å²) in [5.74, 6) is 0.658. The zero-order valence-corrected chi connectivity index (χ0v) is 16.9. The number of carbonyl (C=O) groups excluding carboxylic acids is 1. The van der Waals surface area contributed by atoms with Crippen molar-refractivity contribution in [2.24, 2.45) is 0 Å². The van der Waals surface area contributed by atoms with Crippen LogP contribution in [0.25, 0.3) is 0 Å². The number of rotatable bonds is 4. The molecule has 0 unspecified atom stereocenters. The molecule has 3 N–H and O–H groups in total. The topological polar surface area (TPSA) is 74.5 Å². The summed E-state index contributed by atoms with van der Waals surface area (Å²) >= 11 is 1.13. The molecule has 0 fully saturated rings. The van der Waals surface area contributed by atoms with E-state index >= 15 is 0 Å². The van der Waals surface area contributed by atoms with E-state index in [9.17, 15) is 9.90 Å². The van der Waals surface area contributed by atoms with Crippen molar-refractivity contribution in [3.8, 4) is 0 Å². The van der Waals surface area contributed by atoms with Crippen molar-refractivity contribution in [3.05, 3.63) is 45.7 Å². The van der Waals surface area contributed by atoms with Gasteiger partial charge in [-0.2, -0.15) is 0 Å². The minimum Gasteiger partial charge on any atom is -0.453 e. The maximum atomic E-state index is 12.5. The van der Waals surface area contributed by atoms with Crippen LogP contribution in [0.5, 0.6) is 0 Å². The first-order valence-corrected chi connectivity index (χ1v) is 10.4. The van der Waals surface area contributed by atoms with Crippen LogP contribution in [-0.4, -0.2) is 11.1 Å². The van der Waals surface area contributed by atoms with Crippen LogP contribution in [0.15, 0.2) is 21.6 Å². The van der Waals surface area contributed by atoms with E-state index in [0.717, 1.165) is 61.7 Å². The van der Waals surface area contributed by atoms with Gasteiger partial charge in [-0.15, -0.1) is 0 Å². The molecule has 0 atom stereocenters. The number of fused-ring (bicyclic) bond motifs is 2. The number of carbonyl (C=O) groups is 1. The normalized spacial score (nSPS) is 15.6. The van der Waals surface area contributed by atoms with Crippen molar-refractivity contribution >= 4 is 23.7 Å². The monoisotopic (exact) mass is 386 g/mol. The number of aliphatic hydroxyl groups is 1. The fourth-order valence-electron chi connectivity index (χ4n) is 4.32. The predicted molar refractivity (Wildman–Crippen MR) is 107 cm³/mol. The lowest BCUT2D eigenvalue weighted by Crippen LogP contribution is -2.24. The minimum atomic E-state index is -0.972. The highest BCUT2D eigenvalue weighted by molar-refractivity contribution is 7.97. The van der Waals surface area contributed by atoms with E-state index in [2.05, 4.69) is 16.1 Å². The maximum absolute atomic E-state index is 12.5. The molecule has 2 amide bonds. The second kappa shape index (κ2) is 6.91. The summed E-state index contributed by atoms with van der Waals surface area (Å²) in [6.07, 6.45) is 6.62. The van der Waals surface area contributed by atoms with Gasteiger partial charge in [-0.05, 0) is 87.6 Å². The molecule has 0 saturated carbocycles. The predicted octanol–water partition coefficient (Wildman–Crippen LogP) is 4.62. The third-order valence-corrected chi connectivity index (χ3v) is 6.20. The van der Waals surface area contributed by atoms with Gasteiger partial charge in [0.25, 0.3) is 0 Å². The molecule has 4 rings (SSSR count). The summed E-state index contributed by atoms with van der Waals surface area (Å²) in [6.45, 7) is 5.25. The van der Waals surface area contributed by atoms with Crippen molar-refractivity contribution in [2.75, 3.05) is 5.32 Å². The molecule has 5 nitrogen and oxygen atoms in total. The van der Waals surface area contributed by atoms with Gasteiger partial charge in [0.15, 0.2) is 5.09 Å². The van der Waals surface area contributed by atoms with Crippen molar-refractivity contribution in [1.29, 1.82) is 0 Å². The summed E-state index contributed by atoms with van der Waals surface area (Å²) in [5.41, 5.74) is 6.21. The lowest BCUT2D eigenvalue weighted by molar-refractivity contribution is 0.0769. The van der Waals surface area contributed by atoms with Gasteiger partial charge in [-0.25, -0.2) is 4.79 Å². The SMILES string of the molecule is Cc1oc(SNC(=O)Nc2c3c(cc4c2CCC4)CCC3)cc1C(C)(C)O. The Morgan fingerprint density at radius 2 is 1.74 bits per heavy atom. The molecule has 0 spiro atoms. The first kappa shape index (κ1) is 18.4. The van der Waals surface area contributed by atoms with Crippen molar-refractivity contribution in [2.45, 2.75) is 70.0 Å². The van der Waals surface area contributed by atoms with Gasteiger partial charge >= 0.3 is 6.03 Å². The molecule has 2 aliphatic rings. The third kappa shape index (κ3) is 3.60. The first-order chi connectivity index (χ1) is 12.8. The van der Waals surface area contributed by atoms with Gasteiger partial charge in [-0.1, -0.05) is 6.07 Å². The average Bonchev–Trinajstić information content (AvgIpc) is 3.30. The van der Waals surface area contributed by atoms with Crippen LogP contribution in [0, 0.1) is 6.92 Å². The van der Waals surface area contributed by atoms with E-state index in [4.69, 9.17) is 4.42 Å². The summed E-state index contributed by atoms with van der Waals surface area (Å²) in [7, 11) is 0. The van der Waals surface area contributed by atoms with Gasteiger partial charge in [-0.3, -0.25) is 4.72 Å². The Morgan fingerprint density at radius 3 is 2.30 bits per heavy atom. The molecule has 2 aromatic rings. The van der Waals surface area contributed by atoms with E-state index in [1.807, 2.05) is 6.92 Å². The number of hydrogen-bond acceptors (Lipinski definition) is 4. The fraction of sp³-hybridized carbons (Fsp3) is 0.476. The van der Waals surface area contributed by atoms with Gasteiger partial charge in [0.05, 0.1) is 5.60 Å². The lowest BCUT2D eigenvalue weighted by atomic mass is 9.99. The van der Waals surface area contributed by atoms with Crippen LogP contribution in [0.3, 0.4) is 0 Å². The number of aryl methyl sites for hydroxylation is 3. The van der Waals surface area contributed by atoms with E-state index in [1.54, 1.807) is 19.9 Å². The van der Waals surface area contributed by atoms with Crippen LogP contribution in [0.1, 0.15) is 60.3 Å². The van der Waals surface area contributed by atoms with Gasteiger partial charge in [0.2, 0.25) is 0 Å². The first-order valence-electron chi connectivity index (χ1n) is 9.56. The zero-order chi connectivity index (χ0) is 19.2. The van der Waals surface area contributed by atoms with E-state index in [-0.39, 0.29) is 6.03 Å². The Labute approximate surface area is 164 Å². The third-order valence-electron chi connectivity index (χ3n) is 5.51. The zero-order valence-electron chi connectivity index (χ0n) is 16.1. The molecule has 0 bridgehead atoms. The highest BCUT2D eigenvalue weighted by atomic mass is 32.2. The number of urea groups is 1. The van der Waals surface area contributed by atoms with Gasteiger partial charge in [0.1, 0.15) is 5.76 Å². The Bertz CT molecular complexity index is 864. The second-order valence-corrected chi connectivity index (χ2v) is 8.80. The average molecular weight is 387 g/mol. The van der Waals surface area contributed by atoms with Crippen LogP contribution in [0.2, 0.25) is 0 Å². The molecule has 27 heavy (non-hydrogen) atoms. The van der Waals surface area contributed by atoms with Crippen molar-refractivity contribution in [3.63, 3.8) is 0 Å². The number of furan rings is 1. The Hall–Kier alpha value is -1.92. The molecule has 1 heterocycles. The van der Waals surface area contributed by atoms with Crippen LogP contribution in [0.4, 0.5) is 10.5 Å². The molecular formula is C21H26N2O3S. The van der Waals surface area contributed by atoms with Crippen molar-refractivity contribution in [1.82, 2.24) is 4.72 Å². The van der Waals surface area contributed by atoms with E-state index in [1.165, 1.54) is 22.3 Å². The van der Waals surface area contributed by atoms with E-state index in [0.29, 0.717) is 10.9 Å². The molecule has 0 radical (unpaired) electrons. The van der Waals surface area contributed by atoms with Gasteiger partial charge < -0.3 is 14.8 Å². The summed E-state index contributed by atoms with van der Waals surface area (Å²) in [6, 6.07) is 3.89. The molecule has 6 heteroatoms.